The Bertz CT molecular complexity index is 806. The second kappa shape index (κ2) is 5.93. The van der Waals surface area contributed by atoms with Crippen LogP contribution in [-0.4, -0.2) is 17.6 Å². The average Bonchev–Trinajstić information content (AvgIpc) is 2.94. The van der Waals surface area contributed by atoms with Gasteiger partial charge in [0.1, 0.15) is 17.9 Å². The number of hydrogen-bond donors (Lipinski definition) is 0. The molecule has 3 rings (SSSR count). The lowest BCUT2D eigenvalue weighted by Crippen LogP contribution is -2.06. The van der Waals surface area contributed by atoms with Crippen LogP contribution in [0.25, 0.3) is 10.9 Å². The SMILES string of the molecule is COC(=O)c1ccc2c(ccn2C)c1OCc1ccccc1. The molecule has 0 fully saturated rings. The number of hydrogen-bond acceptors (Lipinski definition) is 3. The molecule has 112 valence electrons. The van der Waals surface area contributed by atoms with Gasteiger partial charge in [0.05, 0.1) is 12.6 Å². The maximum atomic E-state index is 12.0. The average molecular weight is 295 g/mol. The zero-order chi connectivity index (χ0) is 15.5. The summed E-state index contributed by atoms with van der Waals surface area (Å²) in [4.78, 5) is 12.0. The van der Waals surface area contributed by atoms with E-state index in [0.29, 0.717) is 17.9 Å². The lowest BCUT2D eigenvalue weighted by molar-refractivity contribution is 0.0596. The molecule has 2 aromatic carbocycles. The minimum absolute atomic E-state index is 0.395. The topological polar surface area (TPSA) is 40.5 Å². The highest BCUT2D eigenvalue weighted by atomic mass is 16.5. The van der Waals surface area contributed by atoms with Crippen LogP contribution in [0.1, 0.15) is 15.9 Å². The van der Waals surface area contributed by atoms with Crippen LogP contribution in [0.3, 0.4) is 0 Å². The molecule has 22 heavy (non-hydrogen) atoms. The first kappa shape index (κ1) is 14.2. The third-order valence-corrected chi connectivity index (χ3v) is 3.65. The number of carbonyl (C=O) groups is 1. The zero-order valence-corrected chi connectivity index (χ0v) is 12.6. The summed E-state index contributed by atoms with van der Waals surface area (Å²) in [6, 6.07) is 15.5. The Balaban J connectivity index is 2.02. The number of benzene rings is 2. The largest absolute Gasteiger partial charge is 0.487 e. The first-order valence-electron chi connectivity index (χ1n) is 7.04. The number of carbonyl (C=O) groups excluding carboxylic acids is 1. The third kappa shape index (κ3) is 2.55. The summed E-state index contributed by atoms with van der Waals surface area (Å²) in [5.41, 5.74) is 2.50. The smallest absolute Gasteiger partial charge is 0.341 e. The van der Waals surface area contributed by atoms with E-state index in [2.05, 4.69) is 0 Å². The molecule has 4 nitrogen and oxygen atoms in total. The second-order valence-electron chi connectivity index (χ2n) is 5.07. The quantitative estimate of drug-likeness (QED) is 0.691. The first-order chi connectivity index (χ1) is 10.7. The summed E-state index contributed by atoms with van der Waals surface area (Å²) >= 11 is 0. The van der Waals surface area contributed by atoms with Crippen LogP contribution in [0.5, 0.6) is 5.75 Å². The number of aromatic nitrogens is 1. The Morgan fingerprint density at radius 1 is 1.09 bits per heavy atom. The van der Waals surface area contributed by atoms with Crippen molar-refractivity contribution >= 4 is 16.9 Å². The Hall–Kier alpha value is -2.75. The van der Waals surface area contributed by atoms with Crippen LogP contribution in [0, 0.1) is 0 Å². The molecule has 0 atom stereocenters. The predicted octanol–water partition coefficient (Wildman–Crippen LogP) is 3.54. The lowest BCUT2D eigenvalue weighted by Gasteiger charge is -2.12. The van der Waals surface area contributed by atoms with E-state index in [1.807, 2.05) is 60.3 Å². The number of rotatable bonds is 4. The highest BCUT2D eigenvalue weighted by Gasteiger charge is 2.17. The van der Waals surface area contributed by atoms with Crippen molar-refractivity contribution < 1.29 is 14.3 Å². The molecule has 0 unspecified atom stereocenters. The molecule has 0 bridgehead atoms. The molecule has 0 saturated heterocycles. The van der Waals surface area contributed by atoms with E-state index in [0.717, 1.165) is 16.5 Å². The van der Waals surface area contributed by atoms with E-state index in [1.54, 1.807) is 6.07 Å². The summed E-state index contributed by atoms with van der Waals surface area (Å²) in [6.07, 6.45) is 1.95. The maximum Gasteiger partial charge on any atom is 0.341 e. The second-order valence-corrected chi connectivity index (χ2v) is 5.07. The molecule has 3 aromatic rings. The van der Waals surface area contributed by atoms with Gasteiger partial charge in [-0.05, 0) is 23.8 Å². The van der Waals surface area contributed by atoms with E-state index in [4.69, 9.17) is 9.47 Å². The zero-order valence-electron chi connectivity index (χ0n) is 12.6. The van der Waals surface area contributed by atoms with Gasteiger partial charge in [-0.15, -0.1) is 0 Å². The normalized spacial score (nSPS) is 10.6. The van der Waals surface area contributed by atoms with Crippen molar-refractivity contribution in [3.05, 3.63) is 65.9 Å². The van der Waals surface area contributed by atoms with Gasteiger partial charge < -0.3 is 14.0 Å². The summed E-state index contributed by atoms with van der Waals surface area (Å²) < 4.78 is 12.8. The molecule has 0 amide bonds. The van der Waals surface area contributed by atoms with E-state index >= 15 is 0 Å². The number of nitrogens with zero attached hydrogens (tertiary/aromatic N) is 1. The van der Waals surface area contributed by atoms with Gasteiger partial charge in [-0.1, -0.05) is 30.3 Å². The van der Waals surface area contributed by atoms with E-state index in [9.17, 15) is 4.79 Å². The number of fused-ring (bicyclic) bond motifs is 1. The fourth-order valence-corrected chi connectivity index (χ4v) is 2.48. The van der Waals surface area contributed by atoms with Gasteiger partial charge >= 0.3 is 5.97 Å². The highest BCUT2D eigenvalue weighted by Crippen LogP contribution is 2.31. The highest BCUT2D eigenvalue weighted by molar-refractivity contribution is 6.00. The summed E-state index contributed by atoms with van der Waals surface area (Å²) in [7, 11) is 3.33. The van der Waals surface area contributed by atoms with Crippen LogP contribution in [0.15, 0.2) is 54.7 Å². The van der Waals surface area contributed by atoms with Gasteiger partial charge in [0, 0.05) is 18.6 Å². The Kier molecular flexibility index (Phi) is 3.83. The van der Waals surface area contributed by atoms with Crippen molar-refractivity contribution in [1.82, 2.24) is 4.57 Å². The molecule has 0 N–H and O–H groups in total. The Labute approximate surface area is 128 Å². The van der Waals surface area contributed by atoms with Gasteiger partial charge in [0.15, 0.2) is 0 Å². The number of methoxy groups -OCH3 is 1. The molecular weight excluding hydrogens is 278 g/mol. The van der Waals surface area contributed by atoms with Crippen molar-refractivity contribution in [2.75, 3.05) is 7.11 Å². The molecule has 1 aromatic heterocycles. The number of ether oxygens (including phenoxy) is 2. The van der Waals surface area contributed by atoms with Crippen LogP contribution < -0.4 is 4.74 Å². The van der Waals surface area contributed by atoms with Gasteiger partial charge in [-0.3, -0.25) is 0 Å². The molecule has 0 aliphatic heterocycles. The molecule has 0 aliphatic rings. The van der Waals surface area contributed by atoms with Crippen LogP contribution in [-0.2, 0) is 18.4 Å². The summed E-state index contributed by atoms with van der Waals surface area (Å²) in [5, 5.41) is 0.904. The van der Waals surface area contributed by atoms with Crippen LogP contribution >= 0.6 is 0 Å². The van der Waals surface area contributed by atoms with E-state index in [-0.39, 0.29) is 0 Å². The van der Waals surface area contributed by atoms with Crippen molar-refractivity contribution in [2.45, 2.75) is 6.61 Å². The van der Waals surface area contributed by atoms with Gasteiger partial charge in [0.2, 0.25) is 0 Å². The summed E-state index contributed by atoms with van der Waals surface area (Å²) in [6.45, 7) is 0.402. The third-order valence-electron chi connectivity index (χ3n) is 3.65. The molecule has 0 radical (unpaired) electrons. The number of aryl methyl sites for hydroxylation is 1. The van der Waals surface area contributed by atoms with Gasteiger partial charge in [0.25, 0.3) is 0 Å². The molecule has 1 heterocycles. The Morgan fingerprint density at radius 3 is 2.59 bits per heavy atom. The minimum atomic E-state index is -0.395. The number of esters is 1. The van der Waals surface area contributed by atoms with E-state index < -0.39 is 5.97 Å². The van der Waals surface area contributed by atoms with Crippen molar-refractivity contribution in [1.29, 1.82) is 0 Å². The standard InChI is InChI=1S/C18H17NO3/c1-19-11-10-14-16(19)9-8-15(18(20)21-2)17(14)22-12-13-6-4-3-5-7-13/h3-11H,12H2,1-2H3. The first-order valence-corrected chi connectivity index (χ1v) is 7.04. The fourth-order valence-electron chi connectivity index (χ4n) is 2.48. The summed E-state index contributed by atoms with van der Waals surface area (Å²) in [5.74, 6) is 0.169. The Morgan fingerprint density at radius 2 is 1.86 bits per heavy atom. The maximum absolute atomic E-state index is 12.0. The van der Waals surface area contributed by atoms with Crippen LogP contribution in [0.2, 0.25) is 0 Å². The molecule has 0 spiro atoms. The van der Waals surface area contributed by atoms with Crippen molar-refractivity contribution in [3.8, 4) is 5.75 Å². The molecule has 4 heteroatoms. The van der Waals surface area contributed by atoms with Gasteiger partial charge in [-0.2, -0.15) is 0 Å². The van der Waals surface area contributed by atoms with Crippen molar-refractivity contribution in [2.24, 2.45) is 7.05 Å². The molecular formula is C18H17NO3. The van der Waals surface area contributed by atoms with Crippen molar-refractivity contribution in [3.63, 3.8) is 0 Å². The molecule has 0 saturated carbocycles. The predicted molar refractivity (Wildman–Crippen MR) is 85.0 cm³/mol. The van der Waals surface area contributed by atoms with Crippen LogP contribution in [0.4, 0.5) is 0 Å². The van der Waals surface area contributed by atoms with Gasteiger partial charge in [-0.25, -0.2) is 4.79 Å². The lowest BCUT2D eigenvalue weighted by atomic mass is 10.1. The van der Waals surface area contributed by atoms with E-state index in [1.165, 1.54) is 7.11 Å². The fraction of sp³-hybridized carbons (Fsp3) is 0.167. The minimum Gasteiger partial charge on any atom is -0.487 e. The molecule has 0 aliphatic carbocycles. The monoisotopic (exact) mass is 295 g/mol.